The highest BCUT2D eigenvalue weighted by atomic mass is 16.7. The van der Waals surface area contributed by atoms with Crippen LogP contribution in [0.25, 0.3) is 21.9 Å². The van der Waals surface area contributed by atoms with Crippen molar-refractivity contribution in [3.05, 3.63) is 40.6 Å². The van der Waals surface area contributed by atoms with Gasteiger partial charge in [-0.2, -0.15) is 0 Å². The van der Waals surface area contributed by atoms with Gasteiger partial charge in [0.25, 0.3) is 0 Å². The number of rotatable bonds is 6. The monoisotopic (exact) mass is 552 g/mol. The van der Waals surface area contributed by atoms with Crippen LogP contribution in [0.2, 0.25) is 0 Å². The zero-order valence-electron chi connectivity index (χ0n) is 20.5. The highest BCUT2D eigenvalue weighted by molar-refractivity contribution is 5.94. The average Bonchev–Trinajstić information content (AvgIpc) is 2.92. The third-order valence-electron chi connectivity index (χ3n) is 6.73. The van der Waals surface area contributed by atoms with Gasteiger partial charge in [-0.1, -0.05) is 0 Å². The molecule has 3 aromatic rings. The van der Waals surface area contributed by atoms with Crippen LogP contribution in [0.15, 0.2) is 39.5 Å². The summed E-state index contributed by atoms with van der Waals surface area (Å²) in [4.78, 5) is 13.0. The summed E-state index contributed by atoms with van der Waals surface area (Å²) < 4.78 is 32.7. The number of phenolic OH excluding ortho intramolecular Hbond substituents is 1. The van der Waals surface area contributed by atoms with Crippen LogP contribution in [0.3, 0.4) is 0 Å². The van der Waals surface area contributed by atoms with Crippen LogP contribution in [-0.2, 0) is 14.2 Å². The van der Waals surface area contributed by atoms with E-state index < -0.39 is 73.1 Å². The van der Waals surface area contributed by atoms with Crippen LogP contribution in [-0.4, -0.2) is 111 Å². The van der Waals surface area contributed by atoms with Crippen molar-refractivity contribution in [2.45, 2.75) is 55.3 Å². The molecule has 0 bridgehead atoms. The fraction of sp³-hybridized carbons (Fsp3) is 0.480. The lowest BCUT2D eigenvalue weighted by Crippen LogP contribution is -2.61. The number of hydrogen-bond acceptors (Lipinski definition) is 14. The Balaban J connectivity index is 1.36. The fourth-order valence-corrected chi connectivity index (χ4v) is 4.51. The van der Waals surface area contributed by atoms with Crippen molar-refractivity contribution in [3.63, 3.8) is 0 Å². The van der Waals surface area contributed by atoms with Crippen LogP contribution in [0.4, 0.5) is 0 Å². The van der Waals surface area contributed by atoms with Crippen LogP contribution in [0, 0.1) is 0 Å². The number of aliphatic hydroxyl groups excluding tert-OH is 6. The second-order valence-electron chi connectivity index (χ2n) is 9.32. The number of phenols is 1. The summed E-state index contributed by atoms with van der Waals surface area (Å²) in [5.74, 6) is -0.142. The smallest absolute Gasteiger partial charge is 0.229 e. The van der Waals surface area contributed by atoms with Crippen molar-refractivity contribution in [1.82, 2.24) is 0 Å². The van der Waals surface area contributed by atoms with Gasteiger partial charge in [0.2, 0.25) is 11.7 Å². The van der Waals surface area contributed by atoms with Crippen molar-refractivity contribution in [2.75, 3.05) is 20.3 Å². The van der Waals surface area contributed by atoms with E-state index in [-0.39, 0.29) is 34.3 Å². The molecule has 1 aromatic heterocycles. The Morgan fingerprint density at radius 3 is 2.36 bits per heavy atom. The third kappa shape index (κ3) is 5.14. The molecule has 14 nitrogen and oxygen atoms in total. The number of aliphatic hydroxyl groups is 6. The summed E-state index contributed by atoms with van der Waals surface area (Å²) in [6.45, 7) is -0.781. The lowest BCUT2D eigenvalue weighted by atomic mass is 9.99. The molecule has 0 amide bonds. The molecule has 212 valence electrons. The minimum Gasteiger partial charge on any atom is -0.507 e. The summed E-state index contributed by atoms with van der Waals surface area (Å²) in [5.41, 5.74) is -0.314. The number of ether oxygens (including phenoxy) is 5. The van der Waals surface area contributed by atoms with Gasteiger partial charge in [0.15, 0.2) is 6.29 Å². The Bertz CT molecular complexity index is 1390. The predicted octanol–water partition coefficient (Wildman–Crippen LogP) is -1.70. The van der Waals surface area contributed by atoms with Gasteiger partial charge in [-0.15, -0.1) is 0 Å². The lowest BCUT2D eigenvalue weighted by molar-refractivity contribution is -0.307. The van der Waals surface area contributed by atoms with Crippen molar-refractivity contribution < 1.29 is 63.8 Å². The highest BCUT2D eigenvalue weighted by Gasteiger charge is 2.46. The molecule has 5 rings (SSSR count). The molecule has 3 heterocycles. The molecule has 2 saturated heterocycles. The van der Waals surface area contributed by atoms with E-state index >= 15 is 0 Å². The molecule has 0 radical (unpaired) electrons. The summed E-state index contributed by atoms with van der Waals surface area (Å²) >= 11 is 0. The first-order valence-electron chi connectivity index (χ1n) is 12.0. The molecular formula is C25H28O14. The van der Waals surface area contributed by atoms with Crippen molar-refractivity contribution in [2.24, 2.45) is 0 Å². The maximum Gasteiger partial charge on any atom is 0.229 e. The largest absolute Gasteiger partial charge is 0.507 e. The first-order valence-corrected chi connectivity index (χ1v) is 12.0. The first kappa shape index (κ1) is 27.5. The van der Waals surface area contributed by atoms with Gasteiger partial charge in [0, 0.05) is 12.1 Å². The molecule has 2 aliphatic heterocycles. The SMILES string of the molecule is COc1ccc2oc3cc(OC4OC(COC5OCC(O)C(O)C5O)C(O)C(O)C4O)cc(O)c3c(=O)c2c1. The standard InChI is InChI=1S/C25H28O14/c1-34-9-2-3-14-11(4-9)18(28)17-12(26)5-10(6-15(17)38-14)37-25-23(33)21(31)20(30)16(39-25)8-36-24-22(32)19(29)13(27)7-35-24/h2-6,13,16,19-27,29-33H,7-8H2,1H3. The number of fused-ring (bicyclic) bond motifs is 2. The van der Waals surface area contributed by atoms with Gasteiger partial charge >= 0.3 is 0 Å². The Labute approximate surface area is 219 Å². The molecule has 9 atom stereocenters. The van der Waals surface area contributed by atoms with E-state index in [0.29, 0.717) is 5.75 Å². The number of hydrogen-bond donors (Lipinski definition) is 7. The molecule has 14 heteroatoms. The molecule has 9 unspecified atom stereocenters. The van der Waals surface area contributed by atoms with E-state index in [1.54, 1.807) is 6.07 Å². The van der Waals surface area contributed by atoms with Crippen LogP contribution in [0.1, 0.15) is 0 Å². The minimum absolute atomic E-state index is 0.0254. The Morgan fingerprint density at radius 2 is 1.62 bits per heavy atom. The molecule has 2 aromatic carbocycles. The third-order valence-corrected chi connectivity index (χ3v) is 6.73. The zero-order valence-corrected chi connectivity index (χ0v) is 20.5. The maximum absolute atomic E-state index is 13.0. The second-order valence-corrected chi connectivity index (χ2v) is 9.32. The minimum atomic E-state index is -1.74. The topological polar surface area (TPSA) is 218 Å². The van der Waals surface area contributed by atoms with E-state index in [9.17, 15) is 40.5 Å². The summed E-state index contributed by atoms with van der Waals surface area (Å²) in [5, 5.41) is 71.2. The van der Waals surface area contributed by atoms with Crippen molar-refractivity contribution in [3.8, 4) is 17.2 Å². The summed E-state index contributed by atoms with van der Waals surface area (Å²) in [7, 11) is 1.45. The Hall–Kier alpha value is -3.05. The number of methoxy groups -OCH3 is 1. The zero-order chi connectivity index (χ0) is 28.0. The van der Waals surface area contributed by atoms with Gasteiger partial charge in [-0.3, -0.25) is 4.79 Å². The molecule has 7 N–H and O–H groups in total. The van der Waals surface area contributed by atoms with Gasteiger partial charge in [0.05, 0.1) is 25.7 Å². The molecule has 2 aliphatic rings. The molecule has 2 fully saturated rings. The van der Waals surface area contributed by atoms with E-state index in [2.05, 4.69) is 0 Å². The summed E-state index contributed by atoms with van der Waals surface area (Å²) in [6.07, 6.45) is -13.8. The average molecular weight is 552 g/mol. The van der Waals surface area contributed by atoms with Gasteiger partial charge < -0.3 is 63.8 Å². The van der Waals surface area contributed by atoms with Crippen molar-refractivity contribution >= 4 is 21.9 Å². The fourth-order valence-electron chi connectivity index (χ4n) is 4.51. The molecule has 0 saturated carbocycles. The Morgan fingerprint density at radius 1 is 0.872 bits per heavy atom. The molecule has 0 spiro atoms. The number of aromatic hydroxyl groups is 1. The maximum atomic E-state index is 13.0. The lowest BCUT2D eigenvalue weighted by Gasteiger charge is -2.41. The van der Waals surface area contributed by atoms with E-state index in [1.807, 2.05) is 0 Å². The van der Waals surface area contributed by atoms with E-state index in [1.165, 1.54) is 25.3 Å². The second kappa shape index (κ2) is 10.8. The summed E-state index contributed by atoms with van der Waals surface area (Å²) in [6, 6.07) is 6.99. The van der Waals surface area contributed by atoms with E-state index in [0.717, 1.165) is 6.07 Å². The molecule has 0 aliphatic carbocycles. The van der Waals surface area contributed by atoms with Gasteiger partial charge in [0.1, 0.15) is 76.5 Å². The van der Waals surface area contributed by atoms with Crippen LogP contribution >= 0.6 is 0 Å². The normalized spacial score (nSPS) is 33.4. The molecule has 39 heavy (non-hydrogen) atoms. The van der Waals surface area contributed by atoms with Gasteiger partial charge in [-0.25, -0.2) is 0 Å². The van der Waals surface area contributed by atoms with E-state index in [4.69, 9.17) is 28.1 Å². The van der Waals surface area contributed by atoms with Crippen LogP contribution < -0.4 is 14.9 Å². The van der Waals surface area contributed by atoms with Crippen molar-refractivity contribution in [1.29, 1.82) is 0 Å². The Kier molecular flexibility index (Phi) is 7.65. The van der Waals surface area contributed by atoms with Gasteiger partial charge in [-0.05, 0) is 18.2 Å². The van der Waals surface area contributed by atoms with Crippen LogP contribution in [0.5, 0.6) is 17.2 Å². The molecular weight excluding hydrogens is 524 g/mol. The first-order chi connectivity index (χ1) is 18.6. The quantitative estimate of drug-likeness (QED) is 0.170. The number of benzene rings is 2. The highest BCUT2D eigenvalue weighted by Crippen LogP contribution is 2.33. The predicted molar refractivity (Wildman–Crippen MR) is 129 cm³/mol.